The van der Waals surface area contributed by atoms with Crippen molar-refractivity contribution in [1.82, 2.24) is 14.2 Å². The largest absolute Gasteiger partial charge is 0.375 e. The van der Waals surface area contributed by atoms with Gasteiger partial charge in [0.2, 0.25) is 10.0 Å². The number of hydrogen-bond donors (Lipinski definition) is 1. The van der Waals surface area contributed by atoms with E-state index in [9.17, 15) is 8.42 Å². The molecule has 1 aromatic rings. The van der Waals surface area contributed by atoms with Gasteiger partial charge in [0.25, 0.3) is 0 Å². The first kappa shape index (κ1) is 12.7. The number of rotatable bonds is 3. The van der Waals surface area contributed by atoms with Crippen LogP contribution >= 0.6 is 11.3 Å². The summed E-state index contributed by atoms with van der Waals surface area (Å²) in [6.45, 7) is 3.33. The lowest BCUT2D eigenvalue weighted by Gasteiger charge is -2.32. The van der Waals surface area contributed by atoms with Crippen LogP contribution in [0, 0.1) is 0 Å². The molecule has 0 bridgehead atoms. The zero-order valence-electron chi connectivity index (χ0n) is 9.66. The number of hydrogen-bond acceptors (Lipinski definition) is 6. The highest BCUT2D eigenvalue weighted by Gasteiger charge is 2.23. The third kappa shape index (κ3) is 3.38. The summed E-state index contributed by atoms with van der Waals surface area (Å²) in [5.41, 5.74) is 6.52. The molecule has 2 rings (SSSR count). The Kier molecular flexibility index (Phi) is 3.67. The minimum Gasteiger partial charge on any atom is -0.375 e. The third-order valence-corrected chi connectivity index (χ3v) is 4.78. The molecule has 17 heavy (non-hydrogen) atoms. The molecule has 0 saturated carbocycles. The first-order valence-corrected chi connectivity index (χ1v) is 8.05. The van der Waals surface area contributed by atoms with Gasteiger partial charge in [-0.2, -0.15) is 4.31 Å². The van der Waals surface area contributed by atoms with Crippen molar-refractivity contribution in [2.24, 2.45) is 0 Å². The van der Waals surface area contributed by atoms with Crippen LogP contribution in [0.4, 0.5) is 5.13 Å². The van der Waals surface area contributed by atoms with Gasteiger partial charge in [0.05, 0.1) is 11.9 Å². The second kappa shape index (κ2) is 4.89. The molecule has 96 valence electrons. The zero-order chi connectivity index (χ0) is 12.5. The van der Waals surface area contributed by atoms with E-state index >= 15 is 0 Å². The number of sulfonamides is 1. The van der Waals surface area contributed by atoms with Crippen LogP contribution in [-0.4, -0.2) is 55.0 Å². The van der Waals surface area contributed by atoms with Crippen LogP contribution in [0.3, 0.4) is 0 Å². The molecule has 2 heterocycles. The van der Waals surface area contributed by atoms with E-state index in [4.69, 9.17) is 5.73 Å². The van der Waals surface area contributed by atoms with Crippen molar-refractivity contribution in [3.63, 3.8) is 0 Å². The van der Waals surface area contributed by atoms with Crippen molar-refractivity contribution < 1.29 is 8.42 Å². The Hall–Kier alpha value is -0.700. The number of anilines is 1. The monoisotopic (exact) mass is 276 g/mol. The van der Waals surface area contributed by atoms with Gasteiger partial charge in [0.15, 0.2) is 5.13 Å². The second-order valence-electron chi connectivity index (χ2n) is 4.12. The molecule has 1 fully saturated rings. The van der Waals surface area contributed by atoms with E-state index in [1.165, 1.54) is 21.9 Å². The highest BCUT2D eigenvalue weighted by atomic mass is 32.2. The Bertz CT molecular complexity index is 477. The molecule has 1 saturated heterocycles. The maximum absolute atomic E-state index is 11.3. The highest BCUT2D eigenvalue weighted by molar-refractivity contribution is 7.88. The molecule has 0 aromatic carbocycles. The fourth-order valence-electron chi connectivity index (χ4n) is 1.84. The summed E-state index contributed by atoms with van der Waals surface area (Å²) in [5.74, 6) is 0. The Balaban J connectivity index is 1.87. The maximum Gasteiger partial charge on any atom is 0.211 e. The van der Waals surface area contributed by atoms with Gasteiger partial charge in [-0.05, 0) is 0 Å². The second-order valence-corrected chi connectivity index (χ2v) is 6.99. The number of piperazine rings is 1. The van der Waals surface area contributed by atoms with Crippen LogP contribution < -0.4 is 5.73 Å². The van der Waals surface area contributed by atoms with E-state index in [-0.39, 0.29) is 0 Å². The maximum atomic E-state index is 11.3. The fourth-order valence-corrected chi connectivity index (χ4v) is 3.22. The predicted molar refractivity (Wildman–Crippen MR) is 68.2 cm³/mol. The van der Waals surface area contributed by atoms with E-state index in [0.717, 1.165) is 25.3 Å². The summed E-state index contributed by atoms with van der Waals surface area (Å²) in [6.07, 6.45) is 1.25. The number of nitrogens with two attached hydrogens (primary N) is 1. The summed E-state index contributed by atoms with van der Waals surface area (Å²) in [6, 6.07) is 0. The van der Waals surface area contributed by atoms with Crippen molar-refractivity contribution in [3.8, 4) is 0 Å². The first-order chi connectivity index (χ1) is 7.95. The lowest BCUT2D eigenvalue weighted by Crippen LogP contribution is -2.47. The number of nitrogen functional groups attached to an aromatic ring is 1. The molecule has 2 N–H and O–H groups in total. The predicted octanol–water partition coefficient (Wildman–Crippen LogP) is -0.197. The van der Waals surface area contributed by atoms with Gasteiger partial charge in [-0.25, -0.2) is 13.4 Å². The van der Waals surface area contributed by atoms with Crippen molar-refractivity contribution in [1.29, 1.82) is 0 Å². The van der Waals surface area contributed by atoms with E-state index in [1.54, 1.807) is 0 Å². The van der Waals surface area contributed by atoms with Gasteiger partial charge < -0.3 is 5.73 Å². The number of aromatic nitrogens is 1. The summed E-state index contributed by atoms with van der Waals surface area (Å²) >= 11 is 1.43. The molecule has 1 aliphatic heterocycles. The van der Waals surface area contributed by atoms with Crippen LogP contribution in [0.25, 0.3) is 0 Å². The molecule has 0 amide bonds. The molecule has 0 aliphatic carbocycles. The topological polar surface area (TPSA) is 79.5 Å². The van der Waals surface area contributed by atoms with Gasteiger partial charge in [-0.15, -0.1) is 11.3 Å². The Labute approximate surface area is 105 Å². The third-order valence-electron chi connectivity index (χ3n) is 2.76. The zero-order valence-corrected chi connectivity index (χ0v) is 11.3. The van der Waals surface area contributed by atoms with Gasteiger partial charge in [0, 0.05) is 38.1 Å². The fraction of sp³-hybridized carbons (Fsp3) is 0.667. The molecule has 0 atom stereocenters. The molecule has 1 aliphatic rings. The summed E-state index contributed by atoms with van der Waals surface area (Å²) in [5, 5.41) is 2.52. The summed E-state index contributed by atoms with van der Waals surface area (Å²) in [4.78, 5) is 6.39. The lowest BCUT2D eigenvalue weighted by atomic mass is 10.3. The average molecular weight is 276 g/mol. The highest BCUT2D eigenvalue weighted by Crippen LogP contribution is 2.14. The SMILES string of the molecule is CS(=O)(=O)N1CCN(Cc2csc(N)n2)CC1. The Morgan fingerprint density at radius 3 is 2.53 bits per heavy atom. The average Bonchev–Trinajstić information content (AvgIpc) is 2.63. The minimum atomic E-state index is -3.04. The van der Waals surface area contributed by atoms with Crippen molar-refractivity contribution in [2.45, 2.75) is 6.54 Å². The van der Waals surface area contributed by atoms with Crippen LogP contribution in [0.5, 0.6) is 0 Å². The number of nitrogens with zero attached hydrogens (tertiary/aromatic N) is 3. The molecule has 0 unspecified atom stereocenters. The van der Waals surface area contributed by atoms with Gasteiger partial charge in [-0.1, -0.05) is 0 Å². The van der Waals surface area contributed by atoms with Crippen LogP contribution in [0.15, 0.2) is 5.38 Å². The molecule has 1 aromatic heterocycles. The number of thiazole rings is 1. The molecular weight excluding hydrogens is 260 g/mol. The van der Waals surface area contributed by atoms with Gasteiger partial charge in [0.1, 0.15) is 0 Å². The molecule has 6 nitrogen and oxygen atoms in total. The van der Waals surface area contributed by atoms with E-state index < -0.39 is 10.0 Å². The van der Waals surface area contributed by atoms with Crippen molar-refractivity contribution in [2.75, 3.05) is 38.2 Å². The van der Waals surface area contributed by atoms with Crippen LogP contribution in [-0.2, 0) is 16.6 Å². The molecule has 0 radical (unpaired) electrons. The molecule has 0 spiro atoms. The van der Waals surface area contributed by atoms with Gasteiger partial charge in [-0.3, -0.25) is 4.90 Å². The van der Waals surface area contributed by atoms with Crippen LogP contribution in [0.1, 0.15) is 5.69 Å². The lowest BCUT2D eigenvalue weighted by molar-refractivity contribution is 0.181. The van der Waals surface area contributed by atoms with Crippen molar-refractivity contribution >= 4 is 26.5 Å². The van der Waals surface area contributed by atoms with Crippen LogP contribution in [0.2, 0.25) is 0 Å². The standard InChI is InChI=1S/C9H16N4O2S2/c1-17(14,15)13-4-2-12(3-5-13)6-8-7-16-9(10)11-8/h7H,2-6H2,1H3,(H2,10,11). The normalized spacial score (nSPS) is 19.6. The Morgan fingerprint density at radius 2 is 2.06 bits per heavy atom. The van der Waals surface area contributed by atoms with E-state index in [2.05, 4.69) is 9.88 Å². The molecule has 8 heteroatoms. The van der Waals surface area contributed by atoms with E-state index in [1.807, 2.05) is 5.38 Å². The van der Waals surface area contributed by atoms with E-state index in [0.29, 0.717) is 18.2 Å². The van der Waals surface area contributed by atoms with Crippen molar-refractivity contribution in [3.05, 3.63) is 11.1 Å². The summed E-state index contributed by atoms with van der Waals surface area (Å²) < 4.78 is 24.2. The minimum absolute atomic E-state index is 0.554. The Morgan fingerprint density at radius 1 is 1.41 bits per heavy atom. The quantitative estimate of drug-likeness (QED) is 0.827. The van der Waals surface area contributed by atoms with Gasteiger partial charge >= 0.3 is 0 Å². The smallest absolute Gasteiger partial charge is 0.211 e. The summed E-state index contributed by atoms with van der Waals surface area (Å²) in [7, 11) is -3.04. The first-order valence-electron chi connectivity index (χ1n) is 5.32. The molecular formula is C9H16N4O2S2.